The first kappa shape index (κ1) is 14.0. The van der Waals surface area contributed by atoms with Crippen molar-refractivity contribution in [3.05, 3.63) is 24.3 Å². The van der Waals surface area contributed by atoms with Crippen LogP contribution in [0.4, 0.5) is 0 Å². The highest BCUT2D eigenvalue weighted by Crippen LogP contribution is 2.07. The van der Waals surface area contributed by atoms with Gasteiger partial charge in [-0.25, -0.2) is 0 Å². The van der Waals surface area contributed by atoms with Gasteiger partial charge in [-0.15, -0.1) is 0 Å². The lowest BCUT2D eigenvalue weighted by Crippen LogP contribution is -2.29. The van der Waals surface area contributed by atoms with Gasteiger partial charge in [-0.05, 0) is 23.5 Å². The monoisotopic (exact) mass is 238 g/mol. The van der Waals surface area contributed by atoms with Gasteiger partial charge < -0.3 is 19.5 Å². The molecule has 1 rings (SSSR count). The molecule has 0 saturated heterocycles. The molecular weight excluding hydrogens is 219 g/mol. The van der Waals surface area contributed by atoms with Crippen molar-refractivity contribution in [2.24, 2.45) is 5.92 Å². The highest BCUT2D eigenvalue weighted by atomic mass is 16.5. The van der Waals surface area contributed by atoms with Gasteiger partial charge in [-0.1, -0.05) is 26.0 Å². The van der Waals surface area contributed by atoms with Crippen molar-refractivity contribution in [2.45, 2.75) is 13.8 Å². The SMILES string of the molecule is CC(C)COCCOc1cccc(B(O)O)c1. The number of ether oxygens (including phenoxy) is 2. The van der Waals surface area contributed by atoms with Crippen LogP contribution >= 0.6 is 0 Å². The van der Waals surface area contributed by atoms with Gasteiger partial charge in [-0.3, -0.25) is 0 Å². The van der Waals surface area contributed by atoms with Crippen LogP contribution in [0.25, 0.3) is 0 Å². The fourth-order valence-electron chi connectivity index (χ4n) is 1.30. The molecule has 2 N–H and O–H groups in total. The fraction of sp³-hybridized carbons (Fsp3) is 0.500. The Labute approximate surface area is 102 Å². The molecule has 4 nitrogen and oxygen atoms in total. The van der Waals surface area contributed by atoms with Gasteiger partial charge in [0.25, 0.3) is 0 Å². The van der Waals surface area contributed by atoms with E-state index in [1.165, 1.54) is 0 Å². The Balaban J connectivity index is 2.29. The molecule has 0 saturated carbocycles. The second kappa shape index (κ2) is 7.32. The third-order valence-corrected chi connectivity index (χ3v) is 2.10. The summed E-state index contributed by atoms with van der Waals surface area (Å²) in [6.45, 7) is 5.89. The van der Waals surface area contributed by atoms with Crippen LogP contribution in [0, 0.1) is 5.92 Å². The normalized spacial score (nSPS) is 10.6. The maximum atomic E-state index is 8.99. The molecule has 0 atom stereocenters. The van der Waals surface area contributed by atoms with E-state index in [4.69, 9.17) is 19.5 Å². The first-order valence-electron chi connectivity index (χ1n) is 5.76. The van der Waals surface area contributed by atoms with E-state index in [0.29, 0.717) is 30.3 Å². The van der Waals surface area contributed by atoms with Crippen LogP contribution in [-0.2, 0) is 4.74 Å². The molecule has 0 aliphatic rings. The Morgan fingerprint density at radius 3 is 2.65 bits per heavy atom. The molecule has 0 aromatic heterocycles. The van der Waals surface area contributed by atoms with Gasteiger partial charge in [0.2, 0.25) is 0 Å². The molecule has 1 aromatic rings. The van der Waals surface area contributed by atoms with Gasteiger partial charge in [-0.2, -0.15) is 0 Å². The van der Waals surface area contributed by atoms with E-state index >= 15 is 0 Å². The lowest BCUT2D eigenvalue weighted by molar-refractivity contribution is 0.0819. The molecule has 0 heterocycles. The Bertz CT molecular complexity index is 328. The van der Waals surface area contributed by atoms with E-state index in [2.05, 4.69) is 13.8 Å². The van der Waals surface area contributed by atoms with Gasteiger partial charge in [0.15, 0.2) is 0 Å². The molecule has 94 valence electrons. The average molecular weight is 238 g/mol. The summed E-state index contributed by atoms with van der Waals surface area (Å²) in [5.41, 5.74) is 0.422. The molecule has 0 spiro atoms. The first-order valence-corrected chi connectivity index (χ1v) is 5.76. The minimum absolute atomic E-state index is 0.422. The summed E-state index contributed by atoms with van der Waals surface area (Å²) in [5, 5.41) is 18.0. The number of benzene rings is 1. The largest absolute Gasteiger partial charge is 0.491 e. The predicted octanol–water partition coefficient (Wildman–Crippen LogP) is 0.418. The fourth-order valence-corrected chi connectivity index (χ4v) is 1.30. The van der Waals surface area contributed by atoms with Gasteiger partial charge in [0.05, 0.1) is 6.61 Å². The Hall–Kier alpha value is -1.04. The van der Waals surface area contributed by atoms with Crippen molar-refractivity contribution in [1.82, 2.24) is 0 Å². The summed E-state index contributed by atoms with van der Waals surface area (Å²) in [4.78, 5) is 0. The first-order chi connectivity index (χ1) is 8.09. The van der Waals surface area contributed by atoms with Crippen LogP contribution in [0.1, 0.15) is 13.8 Å². The van der Waals surface area contributed by atoms with E-state index in [1.54, 1.807) is 24.3 Å². The molecule has 5 heteroatoms. The van der Waals surface area contributed by atoms with Gasteiger partial charge in [0, 0.05) is 6.61 Å². The third-order valence-electron chi connectivity index (χ3n) is 2.10. The Kier molecular flexibility index (Phi) is 6.04. The third kappa shape index (κ3) is 5.72. The molecule has 0 fully saturated rings. The van der Waals surface area contributed by atoms with Crippen LogP contribution in [0.5, 0.6) is 5.75 Å². The standard InChI is InChI=1S/C12H19BO4/c1-10(2)9-16-6-7-17-12-5-3-4-11(8-12)13(14)15/h3-5,8,10,14-15H,6-7,9H2,1-2H3. The molecule has 0 bridgehead atoms. The van der Waals surface area contributed by atoms with Crippen molar-refractivity contribution >= 4 is 12.6 Å². The van der Waals surface area contributed by atoms with Gasteiger partial charge in [0.1, 0.15) is 12.4 Å². The zero-order chi connectivity index (χ0) is 12.7. The summed E-state index contributed by atoms with van der Waals surface area (Å²) in [7, 11) is -1.46. The minimum Gasteiger partial charge on any atom is -0.491 e. The molecule has 0 unspecified atom stereocenters. The molecule has 0 aliphatic carbocycles. The summed E-state index contributed by atoms with van der Waals surface area (Å²) < 4.78 is 10.8. The van der Waals surface area contributed by atoms with Crippen LogP contribution < -0.4 is 10.2 Å². The van der Waals surface area contributed by atoms with E-state index in [-0.39, 0.29) is 0 Å². The van der Waals surface area contributed by atoms with Crippen molar-refractivity contribution in [3.8, 4) is 5.75 Å². The zero-order valence-corrected chi connectivity index (χ0v) is 10.3. The van der Waals surface area contributed by atoms with E-state index in [1.807, 2.05) is 0 Å². The summed E-state index contributed by atoms with van der Waals surface area (Å²) in [5.74, 6) is 1.13. The highest BCUT2D eigenvalue weighted by molar-refractivity contribution is 6.58. The average Bonchev–Trinajstić information content (AvgIpc) is 2.28. The van der Waals surface area contributed by atoms with Gasteiger partial charge >= 0.3 is 7.12 Å². The van der Waals surface area contributed by atoms with E-state index in [9.17, 15) is 0 Å². The second-order valence-corrected chi connectivity index (χ2v) is 4.26. The van der Waals surface area contributed by atoms with Crippen LogP contribution in [0.15, 0.2) is 24.3 Å². The van der Waals surface area contributed by atoms with Crippen LogP contribution in [-0.4, -0.2) is 37.0 Å². The van der Waals surface area contributed by atoms with E-state index < -0.39 is 7.12 Å². The summed E-state index contributed by atoms with van der Waals surface area (Å²) in [6, 6.07) is 6.73. The minimum atomic E-state index is -1.46. The molecule has 0 aliphatic heterocycles. The molecular formula is C12H19BO4. The van der Waals surface area contributed by atoms with Crippen molar-refractivity contribution < 1.29 is 19.5 Å². The smallest absolute Gasteiger partial charge is 0.488 e. The number of hydrogen-bond donors (Lipinski definition) is 2. The molecule has 17 heavy (non-hydrogen) atoms. The summed E-state index contributed by atoms with van der Waals surface area (Å²) in [6.07, 6.45) is 0. The number of rotatable bonds is 7. The molecule has 0 radical (unpaired) electrons. The van der Waals surface area contributed by atoms with E-state index in [0.717, 1.165) is 6.61 Å². The maximum absolute atomic E-state index is 8.99. The van der Waals surface area contributed by atoms with Crippen molar-refractivity contribution in [3.63, 3.8) is 0 Å². The number of hydrogen-bond acceptors (Lipinski definition) is 4. The maximum Gasteiger partial charge on any atom is 0.488 e. The molecule has 0 amide bonds. The lowest BCUT2D eigenvalue weighted by atomic mass is 9.80. The Morgan fingerprint density at radius 1 is 1.24 bits per heavy atom. The van der Waals surface area contributed by atoms with Crippen molar-refractivity contribution in [2.75, 3.05) is 19.8 Å². The lowest BCUT2D eigenvalue weighted by Gasteiger charge is -2.09. The second-order valence-electron chi connectivity index (χ2n) is 4.26. The summed E-state index contributed by atoms with van der Waals surface area (Å²) >= 11 is 0. The quantitative estimate of drug-likeness (QED) is 0.533. The zero-order valence-electron chi connectivity index (χ0n) is 10.3. The van der Waals surface area contributed by atoms with Crippen molar-refractivity contribution in [1.29, 1.82) is 0 Å². The predicted molar refractivity (Wildman–Crippen MR) is 67.4 cm³/mol. The van der Waals surface area contributed by atoms with Crippen LogP contribution in [0.2, 0.25) is 0 Å². The van der Waals surface area contributed by atoms with Crippen LogP contribution in [0.3, 0.4) is 0 Å². The highest BCUT2D eigenvalue weighted by Gasteiger charge is 2.10. The topological polar surface area (TPSA) is 58.9 Å². The molecule has 1 aromatic carbocycles. The Morgan fingerprint density at radius 2 is 2.00 bits per heavy atom.